The van der Waals surface area contributed by atoms with Crippen molar-refractivity contribution >= 4 is 5.91 Å². The van der Waals surface area contributed by atoms with Crippen LogP contribution in [-0.4, -0.2) is 19.0 Å². The fraction of sp³-hybridized carbons (Fsp3) is 0.364. The number of benzene rings is 1. The van der Waals surface area contributed by atoms with Gasteiger partial charge in [-0.1, -0.05) is 12.1 Å². The third-order valence-corrected chi connectivity index (χ3v) is 2.74. The normalized spacial score (nSPS) is 20.5. The quantitative estimate of drug-likeness (QED) is 0.731. The van der Waals surface area contributed by atoms with Crippen molar-refractivity contribution < 1.29 is 9.18 Å². The van der Waals surface area contributed by atoms with Crippen LogP contribution in [0.5, 0.6) is 0 Å². The summed E-state index contributed by atoms with van der Waals surface area (Å²) in [6, 6.07) is 5.22. The molecule has 3 N–H and O–H groups in total. The van der Waals surface area contributed by atoms with Gasteiger partial charge in [-0.3, -0.25) is 4.79 Å². The van der Waals surface area contributed by atoms with Gasteiger partial charge in [0.25, 0.3) is 0 Å². The van der Waals surface area contributed by atoms with Crippen LogP contribution < -0.4 is 11.1 Å². The summed E-state index contributed by atoms with van der Waals surface area (Å²) in [4.78, 5) is 10.4. The van der Waals surface area contributed by atoms with E-state index in [-0.39, 0.29) is 17.6 Å². The fourth-order valence-electron chi connectivity index (χ4n) is 1.64. The third kappa shape index (κ3) is 1.99. The molecule has 3 aliphatic rings. The van der Waals surface area contributed by atoms with Crippen LogP contribution in [0.2, 0.25) is 0 Å². The van der Waals surface area contributed by atoms with E-state index in [1.54, 1.807) is 6.07 Å². The molecule has 3 rings (SSSR count). The van der Waals surface area contributed by atoms with Crippen LogP contribution >= 0.6 is 0 Å². The van der Waals surface area contributed by atoms with Gasteiger partial charge in [-0.05, 0) is 24.6 Å². The second kappa shape index (κ2) is 3.98. The Morgan fingerprint density at radius 2 is 2.33 bits per heavy atom. The summed E-state index contributed by atoms with van der Waals surface area (Å²) in [5.41, 5.74) is 6.89. The average Bonchev–Trinajstić information content (AvgIpc) is 2.67. The third-order valence-electron chi connectivity index (χ3n) is 2.74. The number of carbonyl (C=O) groups excluding carboxylic acids is 1. The van der Waals surface area contributed by atoms with E-state index in [0.717, 1.165) is 30.6 Å². The van der Waals surface area contributed by atoms with E-state index >= 15 is 0 Å². The van der Waals surface area contributed by atoms with Gasteiger partial charge in [0.15, 0.2) is 0 Å². The van der Waals surface area contributed by atoms with Crippen molar-refractivity contribution in [2.75, 3.05) is 13.1 Å². The molecule has 1 aliphatic heterocycles. The number of hydrogen-bond acceptors (Lipinski definition) is 2. The highest BCUT2D eigenvalue weighted by molar-refractivity contribution is 5.77. The minimum atomic E-state index is -0.171. The van der Waals surface area contributed by atoms with E-state index in [4.69, 9.17) is 5.73 Å². The van der Waals surface area contributed by atoms with Gasteiger partial charge in [-0.15, -0.1) is 0 Å². The molecule has 0 spiro atoms. The number of fused-ring (bicyclic) bond motifs is 1. The van der Waals surface area contributed by atoms with Crippen molar-refractivity contribution in [2.45, 2.75) is 6.42 Å². The van der Waals surface area contributed by atoms with Crippen molar-refractivity contribution in [1.82, 2.24) is 5.32 Å². The molecule has 0 radical (unpaired) electrons. The average molecular weight is 208 g/mol. The Bertz CT molecular complexity index is 386. The first-order chi connectivity index (χ1) is 7.18. The van der Waals surface area contributed by atoms with Crippen LogP contribution in [-0.2, 0) is 4.79 Å². The van der Waals surface area contributed by atoms with Crippen LogP contribution in [0.1, 0.15) is 6.42 Å². The van der Waals surface area contributed by atoms with E-state index in [0.29, 0.717) is 0 Å². The molecule has 2 aliphatic carbocycles. The summed E-state index contributed by atoms with van der Waals surface area (Å²) in [5.74, 6) is -0.137. The summed E-state index contributed by atoms with van der Waals surface area (Å²) in [5, 5.41) is 3.05. The number of rotatable bonds is 1. The first-order valence-electron chi connectivity index (χ1n) is 4.98. The molecule has 0 aromatic rings. The molecule has 1 saturated heterocycles. The number of carbonyl (C=O) groups is 1. The van der Waals surface area contributed by atoms with Crippen LogP contribution in [0.15, 0.2) is 18.2 Å². The lowest BCUT2D eigenvalue weighted by Gasteiger charge is -2.13. The molecule has 15 heavy (non-hydrogen) atoms. The molecule has 1 atom stereocenters. The molecule has 1 heterocycles. The van der Waals surface area contributed by atoms with Crippen LogP contribution in [0.4, 0.5) is 4.39 Å². The van der Waals surface area contributed by atoms with Crippen molar-refractivity contribution in [3.05, 3.63) is 24.0 Å². The Hall–Kier alpha value is -1.42. The van der Waals surface area contributed by atoms with Gasteiger partial charge >= 0.3 is 0 Å². The Morgan fingerprint density at radius 3 is 2.47 bits per heavy atom. The van der Waals surface area contributed by atoms with E-state index < -0.39 is 0 Å². The van der Waals surface area contributed by atoms with E-state index in [1.165, 1.54) is 6.07 Å². The summed E-state index contributed by atoms with van der Waals surface area (Å²) >= 11 is 0. The van der Waals surface area contributed by atoms with E-state index in [9.17, 15) is 9.18 Å². The SMILES string of the molecule is Fc1cc2ccc1-2.NC(=O)C1CCNC1. The Kier molecular flexibility index (Phi) is 2.68. The number of primary amides is 1. The fourth-order valence-corrected chi connectivity index (χ4v) is 1.64. The highest BCUT2D eigenvalue weighted by atomic mass is 19.1. The van der Waals surface area contributed by atoms with Gasteiger partial charge in [-0.25, -0.2) is 4.39 Å². The summed E-state index contributed by atoms with van der Waals surface area (Å²) in [6.45, 7) is 1.71. The van der Waals surface area contributed by atoms with Crippen molar-refractivity contribution in [1.29, 1.82) is 0 Å². The van der Waals surface area contributed by atoms with Gasteiger partial charge < -0.3 is 11.1 Å². The predicted octanol–water partition coefficient (Wildman–Crippen LogP) is 0.887. The van der Waals surface area contributed by atoms with Gasteiger partial charge in [-0.2, -0.15) is 0 Å². The molecular weight excluding hydrogens is 195 g/mol. The van der Waals surface area contributed by atoms with E-state index in [2.05, 4.69) is 5.32 Å². The molecule has 1 amide bonds. The van der Waals surface area contributed by atoms with E-state index in [1.807, 2.05) is 6.07 Å². The molecule has 0 aromatic heterocycles. The van der Waals surface area contributed by atoms with Crippen LogP contribution in [0.25, 0.3) is 11.1 Å². The maximum Gasteiger partial charge on any atom is 0.221 e. The van der Waals surface area contributed by atoms with Gasteiger partial charge in [0.2, 0.25) is 5.91 Å². The Balaban J connectivity index is 0.000000114. The maximum absolute atomic E-state index is 12.0. The predicted molar refractivity (Wildman–Crippen MR) is 55.6 cm³/mol. The van der Waals surface area contributed by atoms with Gasteiger partial charge in [0, 0.05) is 12.1 Å². The number of nitrogens with one attached hydrogen (secondary N) is 1. The molecule has 4 heteroatoms. The lowest BCUT2D eigenvalue weighted by atomic mass is 9.93. The zero-order chi connectivity index (χ0) is 10.8. The minimum absolute atomic E-state index is 0.0579. The molecule has 0 bridgehead atoms. The molecule has 80 valence electrons. The highest BCUT2D eigenvalue weighted by Gasteiger charge is 2.18. The summed E-state index contributed by atoms with van der Waals surface area (Å²) in [7, 11) is 0. The number of amides is 1. The maximum atomic E-state index is 12.0. The van der Waals surface area contributed by atoms with Crippen LogP contribution in [0, 0.1) is 11.7 Å². The Labute approximate surface area is 87.5 Å². The lowest BCUT2D eigenvalue weighted by Crippen LogP contribution is -2.24. The number of halogens is 1. The smallest absolute Gasteiger partial charge is 0.221 e. The molecule has 3 nitrogen and oxygen atoms in total. The topological polar surface area (TPSA) is 55.1 Å². The van der Waals surface area contributed by atoms with Gasteiger partial charge in [0.05, 0.1) is 5.92 Å². The first kappa shape index (κ1) is 10.1. The lowest BCUT2D eigenvalue weighted by molar-refractivity contribution is -0.121. The zero-order valence-corrected chi connectivity index (χ0v) is 8.29. The monoisotopic (exact) mass is 208 g/mol. The second-order valence-corrected chi connectivity index (χ2v) is 3.79. The van der Waals surface area contributed by atoms with Gasteiger partial charge in [0.1, 0.15) is 5.82 Å². The molecule has 1 fully saturated rings. The standard InChI is InChI=1S/C6H3F.C5H10N2O/c7-6-3-4-1-2-5(4)6;6-5(8)4-1-2-7-3-4/h1-3H;4,7H,1-3H2,(H2,6,8). The second-order valence-electron chi connectivity index (χ2n) is 3.79. The number of hydrogen-bond donors (Lipinski definition) is 2. The Morgan fingerprint density at radius 1 is 1.53 bits per heavy atom. The molecule has 0 saturated carbocycles. The summed E-state index contributed by atoms with van der Waals surface area (Å²) < 4.78 is 12.0. The molecule has 1 unspecified atom stereocenters. The van der Waals surface area contributed by atoms with Crippen molar-refractivity contribution in [2.24, 2.45) is 11.7 Å². The highest BCUT2D eigenvalue weighted by Crippen LogP contribution is 2.34. The largest absolute Gasteiger partial charge is 0.369 e. The van der Waals surface area contributed by atoms with Crippen LogP contribution in [0.3, 0.4) is 0 Å². The molecule has 0 aromatic carbocycles. The van der Waals surface area contributed by atoms with Crippen molar-refractivity contribution in [3.8, 4) is 11.1 Å². The minimum Gasteiger partial charge on any atom is -0.369 e. The summed E-state index contributed by atoms with van der Waals surface area (Å²) in [6.07, 6.45) is 0.912. The first-order valence-corrected chi connectivity index (χ1v) is 4.98. The zero-order valence-electron chi connectivity index (χ0n) is 8.29. The molecular formula is C11H13FN2O. The number of nitrogens with two attached hydrogens (primary N) is 1. The van der Waals surface area contributed by atoms with Crippen molar-refractivity contribution in [3.63, 3.8) is 0 Å².